The van der Waals surface area contributed by atoms with Crippen LogP contribution in [0.15, 0.2) is 6.07 Å². The molecule has 0 aromatic carbocycles. The maximum atomic E-state index is 12.7. The number of nitrogen functional groups attached to an aromatic ring is 1. The first-order chi connectivity index (χ1) is 9.32. The third-order valence-electron chi connectivity index (χ3n) is 3.10. The van der Waals surface area contributed by atoms with Crippen molar-refractivity contribution < 1.29 is 23.1 Å². The average molecular weight is 290 g/mol. The number of hydrogen-bond donors (Lipinski definition) is 2. The van der Waals surface area contributed by atoms with Crippen LogP contribution < -0.4 is 5.73 Å². The van der Waals surface area contributed by atoms with Gasteiger partial charge < -0.3 is 15.7 Å². The summed E-state index contributed by atoms with van der Waals surface area (Å²) in [7, 11) is 0. The number of nitrogens with zero attached hydrogens (tertiary/aromatic N) is 3. The number of aliphatic hydroxyl groups excluding tert-OH is 1. The lowest BCUT2D eigenvalue weighted by molar-refractivity contribution is -0.141. The van der Waals surface area contributed by atoms with E-state index in [1.165, 1.54) is 4.90 Å². The van der Waals surface area contributed by atoms with Crippen LogP contribution in [0.2, 0.25) is 0 Å². The van der Waals surface area contributed by atoms with E-state index in [1.54, 1.807) is 0 Å². The fraction of sp³-hybridized carbons (Fsp3) is 0.545. The summed E-state index contributed by atoms with van der Waals surface area (Å²) in [5.74, 6) is -1.03. The van der Waals surface area contributed by atoms with Gasteiger partial charge in [-0.05, 0) is 18.9 Å². The van der Waals surface area contributed by atoms with Crippen LogP contribution in [-0.2, 0) is 11.0 Å². The van der Waals surface area contributed by atoms with Crippen LogP contribution in [0.3, 0.4) is 0 Å². The van der Waals surface area contributed by atoms with E-state index < -0.39 is 36.4 Å². The number of halogens is 3. The third kappa shape index (κ3) is 2.82. The normalized spacial score (nSPS) is 19.4. The number of nitrogens with two attached hydrogens (primary N) is 1. The second-order valence-corrected chi connectivity index (χ2v) is 4.44. The average Bonchev–Trinajstić information content (AvgIpc) is 2.85. The summed E-state index contributed by atoms with van der Waals surface area (Å²) in [4.78, 5) is 19.8. The predicted octanol–water partition coefficient (Wildman–Crippen LogP) is 0.733. The van der Waals surface area contributed by atoms with Gasteiger partial charge in [0.05, 0.1) is 11.7 Å². The number of rotatable bonds is 2. The molecule has 0 spiro atoms. The van der Waals surface area contributed by atoms with Crippen LogP contribution in [0.5, 0.6) is 0 Å². The highest BCUT2D eigenvalue weighted by Gasteiger charge is 2.36. The number of hydrogen-bond acceptors (Lipinski definition) is 5. The summed E-state index contributed by atoms with van der Waals surface area (Å²) in [6.07, 6.45) is -3.53. The predicted molar refractivity (Wildman–Crippen MR) is 62.2 cm³/mol. The van der Waals surface area contributed by atoms with E-state index in [-0.39, 0.29) is 5.69 Å². The van der Waals surface area contributed by atoms with Crippen molar-refractivity contribution in [2.75, 3.05) is 18.9 Å². The van der Waals surface area contributed by atoms with Crippen LogP contribution in [0.4, 0.5) is 19.1 Å². The Morgan fingerprint density at radius 2 is 2.20 bits per heavy atom. The molecule has 2 heterocycles. The first-order valence-corrected chi connectivity index (χ1v) is 5.95. The topological polar surface area (TPSA) is 92.3 Å². The molecule has 1 aliphatic heterocycles. The molecule has 0 bridgehead atoms. The first-order valence-electron chi connectivity index (χ1n) is 5.95. The van der Waals surface area contributed by atoms with Crippen molar-refractivity contribution >= 4 is 11.9 Å². The summed E-state index contributed by atoms with van der Waals surface area (Å²) >= 11 is 0. The third-order valence-corrected chi connectivity index (χ3v) is 3.10. The quantitative estimate of drug-likeness (QED) is 0.838. The van der Waals surface area contributed by atoms with Crippen molar-refractivity contribution in [3.05, 3.63) is 17.5 Å². The molecule has 110 valence electrons. The molecule has 1 aromatic rings. The second kappa shape index (κ2) is 5.23. The fourth-order valence-electron chi connectivity index (χ4n) is 2.26. The Kier molecular flexibility index (Phi) is 3.80. The van der Waals surface area contributed by atoms with Crippen LogP contribution in [0, 0.1) is 0 Å². The highest BCUT2D eigenvalue weighted by Crippen LogP contribution is 2.34. The van der Waals surface area contributed by atoms with E-state index in [4.69, 9.17) is 10.8 Å². The van der Waals surface area contributed by atoms with Gasteiger partial charge in [0.1, 0.15) is 12.3 Å². The zero-order valence-electron chi connectivity index (χ0n) is 10.4. The maximum absolute atomic E-state index is 12.7. The van der Waals surface area contributed by atoms with Crippen molar-refractivity contribution in [3.8, 4) is 0 Å². The molecule has 1 fully saturated rings. The number of alkyl halides is 3. The Hall–Kier alpha value is -1.90. The number of carbonyl (C=O) groups excluding carboxylic acids is 1. The van der Waals surface area contributed by atoms with Gasteiger partial charge >= 0.3 is 6.18 Å². The van der Waals surface area contributed by atoms with E-state index in [1.807, 2.05) is 0 Å². The molecule has 2 rings (SSSR count). The van der Waals surface area contributed by atoms with Gasteiger partial charge in [0.2, 0.25) is 11.9 Å². The van der Waals surface area contributed by atoms with E-state index in [0.717, 1.165) is 6.07 Å². The SMILES string of the molecule is Nc1nc(C2CCCN2C(=O)CO)cc(C(F)(F)F)n1. The molecule has 1 aliphatic rings. The zero-order chi connectivity index (χ0) is 14.9. The number of carbonyl (C=O) groups is 1. The van der Waals surface area contributed by atoms with E-state index >= 15 is 0 Å². The molecule has 3 N–H and O–H groups in total. The van der Waals surface area contributed by atoms with Crippen LogP contribution in [0.1, 0.15) is 30.3 Å². The summed E-state index contributed by atoms with van der Waals surface area (Å²) in [6, 6.07) is 0.185. The molecule has 20 heavy (non-hydrogen) atoms. The lowest BCUT2D eigenvalue weighted by Gasteiger charge is -2.24. The van der Waals surface area contributed by atoms with Gasteiger partial charge in [0, 0.05) is 6.54 Å². The summed E-state index contributed by atoms with van der Waals surface area (Å²) < 4.78 is 38.1. The van der Waals surface area contributed by atoms with Gasteiger partial charge in [-0.25, -0.2) is 9.97 Å². The van der Waals surface area contributed by atoms with Crippen LogP contribution in [-0.4, -0.2) is 39.0 Å². The Bertz CT molecular complexity index is 521. The molecule has 0 aliphatic carbocycles. The number of anilines is 1. The standard InChI is InChI=1S/C11H13F3N4O2/c12-11(13,14)8-4-6(16-10(15)17-8)7-2-1-3-18(7)9(20)5-19/h4,7,19H,1-3,5H2,(H2,15,16,17). The lowest BCUT2D eigenvalue weighted by Crippen LogP contribution is -2.33. The molecular formula is C11H13F3N4O2. The first kappa shape index (κ1) is 14.5. The minimum absolute atomic E-state index is 0.0455. The summed E-state index contributed by atoms with van der Waals surface area (Å²) in [5, 5.41) is 8.87. The Labute approximate surface area is 112 Å². The highest BCUT2D eigenvalue weighted by molar-refractivity contribution is 5.78. The molecule has 1 saturated heterocycles. The van der Waals surface area contributed by atoms with Gasteiger partial charge in [-0.1, -0.05) is 0 Å². The van der Waals surface area contributed by atoms with Crippen molar-refractivity contribution in [1.82, 2.24) is 14.9 Å². The number of amides is 1. The molecule has 1 aromatic heterocycles. The molecule has 1 unspecified atom stereocenters. The van der Waals surface area contributed by atoms with Crippen molar-refractivity contribution in [2.24, 2.45) is 0 Å². The number of aromatic nitrogens is 2. The Morgan fingerprint density at radius 1 is 1.50 bits per heavy atom. The zero-order valence-corrected chi connectivity index (χ0v) is 10.4. The van der Waals surface area contributed by atoms with Gasteiger partial charge in [-0.2, -0.15) is 13.2 Å². The molecule has 1 amide bonds. The Morgan fingerprint density at radius 3 is 2.80 bits per heavy atom. The van der Waals surface area contributed by atoms with Gasteiger partial charge in [0.15, 0.2) is 0 Å². The number of aliphatic hydroxyl groups is 1. The Balaban J connectivity index is 2.37. The lowest BCUT2D eigenvalue weighted by atomic mass is 10.1. The molecule has 0 radical (unpaired) electrons. The van der Waals surface area contributed by atoms with E-state index in [0.29, 0.717) is 19.4 Å². The molecule has 9 heteroatoms. The molecular weight excluding hydrogens is 277 g/mol. The monoisotopic (exact) mass is 290 g/mol. The minimum atomic E-state index is -4.63. The maximum Gasteiger partial charge on any atom is 0.433 e. The van der Waals surface area contributed by atoms with Crippen LogP contribution in [0.25, 0.3) is 0 Å². The second-order valence-electron chi connectivity index (χ2n) is 4.44. The van der Waals surface area contributed by atoms with Crippen LogP contribution >= 0.6 is 0 Å². The van der Waals surface area contributed by atoms with Crippen molar-refractivity contribution in [1.29, 1.82) is 0 Å². The largest absolute Gasteiger partial charge is 0.433 e. The van der Waals surface area contributed by atoms with E-state index in [2.05, 4.69) is 9.97 Å². The summed E-state index contributed by atoms with van der Waals surface area (Å²) in [6.45, 7) is -0.321. The van der Waals surface area contributed by atoms with Gasteiger partial charge in [0.25, 0.3) is 0 Å². The molecule has 6 nitrogen and oxygen atoms in total. The van der Waals surface area contributed by atoms with Crippen molar-refractivity contribution in [2.45, 2.75) is 25.1 Å². The fourth-order valence-corrected chi connectivity index (χ4v) is 2.26. The molecule has 1 atom stereocenters. The van der Waals surface area contributed by atoms with Gasteiger partial charge in [-0.15, -0.1) is 0 Å². The minimum Gasteiger partial charge on any atom is -0.387 e. The molecule has 0 saturated carbocycles. The smallest absolute Gasteiger partial charge is 0.387 e. The highest BCUT2D eigenvalue weighted by atomic mass is 19.4. The van der Waals surface area contributed by atoms with E-state index in [9.17, 15) is 18.0 Å². The summed E-state index contributed by atoms with van der Waals surface area (Å²) in [5.41, 5.74) is 4.21. The number of likely N-dealkylation sites (tertiary alicyclic amines) is 1. The van der Waals surface area contributed by atoms with Crippen molar-refractivity contribution in [3.63, 3.8) is 0 Å². The van der Waals surface area contributed by atoms with Gasteiger partial charge in [-0.3, -0.25) is 4.79 Å².